The predicted octanol–water partition coefficient (Wildman–Crippen LogP) is 1.07. The number of aliphatic hydroxyl groups is 1. The highest BCUT2D eigenvalue weighted by atomic mass is 16.5. The summed E-state index contributed by atoms with van der Waals surface area (Å²) in [4.78, 5) is 22.4. The molecule has 1 unspecified atom stereocenters. The SMILES string of the molecule is Cc1noc(CC2=CC=C(n3c(=O)[nH]c4nnc5[nH]ccc5c43)C(O)C2)n1. The Morgan fingerprint density at radius 1 is 1.33 bits per heavy atom. The Bertz CT molecular complexity index is 1290. The second kappa shape index (κ2) is 5.74. The van der Waals surface area contributed by atoms with Gasteiger partial charge in [0.15, 0.2) is 17.1 Å². The van der Waals surface area contributed by atoms with E-state index in [1.165, 1.54) is 4.57 Å². The molecule has 3 N–H and O–H groups in total. The zero-order valence-electron chi connectivity index (χ0n) is 14.3. The predicted molar refractivity (Wildman–Crippen MR) is 95.7 cm³/mol. The Balaban J connectivity index is 1.61. The Kier molecular flexibility index (Phi) is 3.34. The number of allylic oxidation sites excluding steroid dienone is 2. The molecule has 4 aromatic rings. The second-order valence-corrected chi connectivity index (χ2v) is 6.45. The van der Waals surface area contributed by atoms with Crippen LogP contribution in [0.25, 0.3) is 27.9 Å². The molecule has 10 heteroatoms. The average molecular weight is 365 g/mol. The van der Waals surface area contributed by atoms with Crippen molar-refractivity contribution < 1.29 is 9.63 Å². The number of hydrogen-bond donors (Lipinski definition) is 3. The highest BCUT2D eigenvalue weighted by Crippen LogP contribution is 2.28. The summed E-state index contributed by atoms with van der Waals surface area (Å²) in [5.41, 5.74) is 2.57. The average Bonchev–Trinajstić information content (AvgIpc) is 3.33. The number of hydrogen-bond acceptors (Lipinski definition) is 7. The standard InChI is InChI=1S/C17H15N7O3/c1-8-19-13(27-23-8)7-9-2-3-11(12(25)6-9)24-14-10-4-5-18-15(10)21-22-16(14)20-17(24)26/h2-5,12,25H,6-7H2,1H3,(H,18,21)(H,20,22,26). The van der Waals surface area contributed by atoms with Crippen LogP contribution in [0, 0.1) is 6.92 Å². The van der Waals surface area contributed by atoms with E-state index in [4.69, 9.17) is 4.52 Å². The number of nitrogens with one attached hydrogen (secondary N) is 2. The van der Waals surface area contributed by atoms with Gasteiger partial charge >= 0.3 is 5.69 Å². The number of rotatable bonds is 3. The molecule has 0 aromatic carbocycles. The lowest BCUT2D eigenvalue weighted by atomic mass is 9.97. The van der Waals surface area contributed by atoms with Crippen LogP contribution in [0.3, 0.4) is 0 Å². The van der Waals surface area contributed by atoms with Crippen molar-refractivity contribution in [2.75, 3.05) is 0 Å². The molecular formula is C17H15N7O3. The van der Waals surface area contributed by atoms with Crippen LogP contribution in [0.2, 0.25) is 0 Å². The van der Waals surface area contributed by atoms with E-state index < -0.39 is 6.10 Å². The van der Waals surface area contributed by atoms with Crippen molar-refractivity contribution in [3.8, 4) is 0 Å². The molecule has 1 atom stereocenters. The Morgan fingerprint density at radius 3 is 2.96 bits per heavy atom. The van der Waals surface area contributed by atoms with Crippen LogP contribution in [-0.4, -0.2) is 46.1 Å². The number of imidazole rings is 1. The summed E-state index contributed by atoms with van der Waals surface area (Å²) < 4.78 is 6.59. The van der Waals surface area contributed by atoms with E-state index in [1.54, 1.807) is 19.2 Å². The molecule has 1 aliphatic rings. The van der Waals surface area contributed by atoms with Gasteiger partial charge in [0.1, 0.15) is 5.52 Å². The van der Waals surface area contributed by atoms with Gasteiger partial charge in [-0.15, -0.1) is 10.2 Å². The summed E-state index contributed by atoms with van der Waals surface area (Å²) in [6, 6.07) is 1.82. The molecule has 4 heterocycles. The molecule has 0 saturated heterocycles. The third kappa shape index (κ3) is 2.49. The van der Waals surface area contributed by atoms with E-state index in [0.29, 0.717) is 47.1 Å². The molecule has 0 spiro atoms. The normalized spacial score (nSPS) is 17.5. The van der Waals surface area contributed by atoms with E-state index in [1.807, 2.05) is 12.1 Å². The molecular weight excluding hydrogens is 350 g/mol. The molecule has 0 radical (unpaired) electrons. The fourth-order valence-corrected chi connectivity index (χ4v) is 3.42. The first-order valence-corrected chi connectivity index (χ1v) is 8.42. The van der Waals surface area contributed by atoms with Crippen LogP contribution in [0.1, 0.15) is 18.1 Å². The smallest absolute Gasteiger partial charge is 0.332 e. The molecule has 5 rings (SSSR count). The van der Waals surface area contributed by atoms with Gasteiger partial charge in [0.25, 0.3) is 0 Å². The minimum Gasteiger partial charge on any atom is -0.387 e. The minimum atomic E-state index is -0.854. The lowest BCUT2D eigenvalue weighted by Gasteiger charge is -2.20. The fraction of sp³-hybridized carbons (Fsp3) is 0.235. The maximum atomic E-state index is 12.5. The Hall–Kier alpha value is -3.53. The molecule has 0 amide bonds. The Morgan fingerprint density at radius 2 is 2.19 bits per heavy atom. The van der Waals surface area contributed by atoms with Crippen LogP contribution in [-0.2, 0) is 6.42 Å². The first kappa shape index (κ1) is 15.7. The molecule has 0 fully saturated rings. The summed E-state index contributed by atoms with van der Waals surface area (Å²) in [6.45, 7) is 1.75. The van der Waals surface area contributed by atoms with E-state index in [9.17, 15) is 9.90 Å². The summed E-state index contributed by atoms with van der Waals surface area (Å²) in [6.07, 6.45) is 5.30. The largest absolute Gasteiger partial charge is 0.387 e. The van der Waals surface area contributed by atoms with Crippen molar-refractivity contribution in [1.82, 2.24) is 34.9 Å². The van der Waals surface area contributed by atoms with E-state index in [-0.39, 0.29) is 5.69 Å². The Labute approximate surface area is 151 Å². The maximum Gasteiger partial charge on any atom is 0.332 e. The van der Waals surface area contributed by atoms with E-state index >= 15 is 0 Å². The zero-order valence-corrected chi connectivity index (χ0v) is 14.3. The number of aryl methyl sites for hydroxylation is 1. The number of nitrogens with zero attached hydrogens (tertiary/aromatic N) is 5. The fourth-order valence-electron chi connectivity index (χ4n) is 3.42. The lowest BCUT2D eigenvalue weighted by Crippen LogP contribution is -2.25. The summed E-state index contributed by atoms with van der Waals surface area (Å²) in [7, 11) is 0. The molecule has 4 aromatic heterocycles. The van der Waals surface area contributed by atoms with Crippen LogP contribution in [0.4, 0.5) is 0 Å². The lowest BCUT2D eigenvalue weighted by molar-refractivity contribution is 0.224. The van der Waals surface area contributed by atoms with Gasteiger partial charge in [-0.3, -0.25) is 9.55 Å². The minimum absolute atomic E-state index is 0.362. The van der Waals surface area contributed by atoms with Crippen LogP contribution < -0.4 is 5.69 Å². The molecule has 0 saturated carbocycles. The first-order valence-electron chi connectivity index (χ1n) is 8.42. The molecule has 1 aliphatic carbocycles. The van der Waals surface area contributed by atoms with Gasteiger partial charge < -0.3 is 14.6 Å². The first-order chi connectivity index (χ1) is 13.1. The van der Waals surface area contributed by atoms with Crippen LogP contribution >= 0.6 is 0 Å². The number of aromatic nitrogens is 7. The quantitative estimate of drug-likeness (QED) is 0.493. The van der Waals surface area contributed by atoms with Gasteiger partial charge in [-0.05, 0) is 19.1 Å². The van der Waals surface area contributed by atoms with Gasteiger partial charge in [0, 0.05) is 24.4 Å². The molecule has 0 aliphatic heterocycles. The molecule has 10 nitrogen and oxygen atoms in total. The number of H-pyrrole nitrogens is 2. The maximum absolute atomic E-state index is 12.5. The van der Waals surface area contributed by atoms with E-state index in [2.05, 4.69) is 30.3 Å². The number of aromatic amines is 2. The third-order valence-electron chi connectivity index (χ3n) is 4.60. The third-order valence-corrected chi connectivity index (χ3v) is 4.60. The van der Waals surface area contributed by atoms with Gasteiger partial charge in [0.05, 0.1) is 11.8 Å². The highest BCUT2D eigenvalue weighted by molar-refractivity contribution is 6.00. The zero-order chi connectivity index (χ0) is 18.5. The monoisotopic (exact) mass is 365 g/mol. The van der Waals surface area contributed by atoms with Crippen LogP contribution in [0.15, 0.2) is 39.3 Å². The highest BCUT2D eigenvalue weighted by Gasteiger charge is 2.24. The molecule has 27 heavy (non-hydrogen) atoms. The van der Waals surface area contributed by atoms with Gasteiger partial charge in [-0.1, -0.05) is 16.8 Å². The summed E-state index contributed by atoms with van der Waals surface area (Å²) in [5, 5.41) is 23.3. The van der Waals surface area contributed by atoms with Crippen molar-refractivity contribution in [2.24, 2.45) is 0 Å². The van der Waals surface area contributed by atoms with Gasteiger partial charge in [0.2, 0.25) is 5.89 Å². The molecule has 136 valence electrons. The van der Waals surface area contributed by atoms with Crippen molar-refractivity contribution in [3.05, 3.63) is 52.2 Å². The number of fused-ring (bicyclic) bond motifs is 3. The second-order valence-electron chi connectivity index (χ2n) is 6.45. The number of aliphatic hydroxyl groups excluding tert-OH is 1. The van der Waals surface area contributed by atoms with Gasteiger partial charge in [-0.25, -0.2) is 4.79 Å². The van der Waals surface area contributed by atoms with Crippen LogP contribution in [0.5, 0.6) is 0 Å². The summed E-state index contributed by atoms with van der Waals surface area (Å²) in [5.74, 6) is 1.07. The molecule has 0 bridgehead atoms. The topological polar surface area (TPSA) is 139 Å². The van der Waals surface area contributed by atoms with Crippen molar-refractivity contribution in [3.63, 3.8) is 0 Å². The van der Waals surface area contributed by atoms with Crippen molar-refractivity contribution in [1.29, 1.82) is 0 Å². The summed E-state index contributed by atoms with van der Waals surface area (Å²) >= 11 is 0. The van der Waals surface area contributed by atoms with E-state index in [0.717, 1.165) is 11.0 Å². The van der Waals surface area contributed by atoms with Crippen molar-refractivity contribution in [2.45, 2.75) is 25.9 Å². The van der Waals surface area contributed by atoms with Gasteiger partial charge in [-0.2, -0.15) is 4.98 Å². The van der Waals surface area contributed by atoms with Crippen molar-refractivity contribution >= 4 is 27.9 Å².